The number of nitrogens with one attached hydrogen (secondary N) is 1. The highest BCUT2D eigenvalue weighted by Gasteiger charge is 2.32. The van der Waals surface area contributed by atoms with E-state index in [1.54, 1.807) is 5.57 Å². The molecule has 0 heterocycles. The molecular formula is C14H25NO. The molecule has 2 nitrogen and oxygen atoms in total. The first-order chi connectivity index (χ1) is 7.83. The van der Waals surface area contributed by atoms with Gasteiger partial charge in [-0.1, -0.05) is 11.6 Å². The highest BCUT2D eigenvalue weighted by molar-refractivity contribution is 5.15. The monoisotopic (exact) mass is 223 g/mol. The Bertz CT molecular complexity index is 243. The summed E-state index contributed by atoms with van der Waals surface area (Å²) in [7, 11) is 2.10. The van der Waals surface area contributed by atoms with E-state index in [0.717, 1.165) is 12.5 Å². The van der Waals surface area contributed by atoms with Gasteiger partial charge in [-0.3, -0.25) is 0 Å². The number of hydrogen-bond acceptors (Lipinski definition) is 2. The van der Waals surface area contributed by atoms with Crippen LogP contribution in [0.2, 0.25) is 0 Å². The van der Waals surface area contributed by atoms with Crippen molar-refractivity contribution in [3.63, 3.8) is 0 Å². The molecule has 0 aliphatic heterocycles. The van der Waals surface area contributed by atoms with E-state index in [9.17, 15) is 0 Å². The normalized spacial score (nSPS) is 31.0. The van der Waals surface area contributed by atoms with Crippen LogP contribution in [0.15, 0.2) is 11.6 Å². The molecule has 0 saturated heterocycles. The lowest BCUT2D eigenvalue weighted by molar-refractivity contribution is -0.0280. The van der Waals surface area contributed by atoms with Crippen molar-refractivity contribution < 1.29 is 4.74 Å². The zero-order valence-electron chi connectivity index (χ0n) is 10.7. The fourth-order valence-corrected chi connectivity index (χ4v) is 3.04. The Labute approximate surface area is 99.4 Å². The highest BCUT2D eigenvalue weighted by Crippen LogP contribution is 2.35. The maximum Gasteiger partial charge on any atom is 0.0580 e. The molecule has 1 saturated carbocycles. The first-order valence-electron chi connectivity index (χ1n) is 6.81. The van der Waals surface area contributed by atoms with Crippen LogP contribution in [-0.2, 0) is 4.74 Å². The largest absolute Gasteiger partial charge is 0.378 e. The topological polar surface area (TPSA) is 21.3 Å². The summed E-state index contributed by atoms with van der Waals surface area (Å²) in [6.45, 7) is 2.96. The molecule has 2 heteroatoms. The van der Waals surface area contributed by atoms with Gasteiger partial charge in [-0.15, -0.1) is 0 Å². The van der Waals surface area contributed by atoms with Gasteiger partial charge in [0, 0.05) is 12.6 Å². The minimum atomic E-state index is 0.560. The van der Waals surface area contributed by atoms with Crippen LogP contribution < -0.4 is 5.32 Å². The molecule has 0 amide bonds. The summed E-state index contributed by atoms with van der Waals surface area (Å²) in [4.78, 5) is 0. The van der Waals surface area contributed by atoms with E-state index in [2.05, 4.69) is 25.4 Å². The Morgan fingerprint density at radius 1 is 1.50 bits per heavy atom. The summed E-state index contributed by atoms with van der Waals surface area (Å²) in [5.74, 6) is 0.885. The first kappa shape index (κ1) is 12.1. The Kier molecular flexibility index (Phi) is 4.42. The van der Waals surface area contributed by atoms with Crippen molar-refractivity contribution >= 4 is 0 Å². The van der Waals surface area contributed by atoms with Gasteiger partial charge < -0.3 is 10.1 Å². The molecule has 92 valence electrons. The molecular weight excluding hydrogens is 198 g/mol. The molecule has 0 aromatic heterocycles. The van der Waals surface area contributed by atoms with Gasteiger partial charge in [0.2, 0.25) is 0 Å². The number of likely N-dealkylation sites (N-methyl/N-ethyl adjacent to an activating group) is 1. The smallest absolute Gasteiger partial charge is 0.0580 e. The lowest BCUT2D eigenvalue weighted by Crippen LogP contribution is -2.37. The maximum atomic E-state index is 5.61. The average molecular weight is 223 g/mol. The van der Waals surface area contributed by atoms with Crippen molar-refractivity contribution in [2.75, 3.05) is 13.7 Å². The molecule has 2 aliphatic rings. The molecule has 1 fully saturated rings. The molecule has 1 unspecified atom stereocenters. The zero-order valence-corrected chi connectivity index (χ0v) is 10.7. The number of ether oxygens (including phenoxy) is 1. The average Bonchev–Trinajstić information content (AvgIpc) is 2.74. The second kappa shape index (κ2) is 5.83. The molecule has 0 radical (unpaired) electrons. The van der Waals surface area contributed by atoms with Crippen molar-refractivity contribution in [2.45, 2.75) is 57.6 Å². The zero-order chi connectivity index (χ0) is 11.4. The van der Waals surface area contributed by atoms with E-state index in [1.807, 2.05) is 0 Å². The van der Waals surface area contributed by atoms with E-state index in [0.29, 0.717) is 12.1 Å². The predicted octanol–water partition coefficient (Wildman–Crippen LogP) is 2.89. The number of hydrogen-bond donors (Lipinski definition) is 1. The number of rotatable bonds is 6. The first-order valence-corrected chi connectivity index (χ1v) is 6.81. The van der Waals surface area contributed by atoms with Crippen LogP contribution >= 0.6 is 0 Å². The van der Waals surface area contributed by atoms with E-state index in [-0.39, 0.29) is 0 Å². The highest BCUT2D eigenvalue weighted by atomic mass is 16.5. The third-order valence-electron chi connectivity index (χ3n) is 4.04. The minimum absolute atomic E-state index is 0.560. The second-order valence-corrected chi connectivity index (χ2v) is 5.16. The summed E-state index contributed by atoms with van der Waals surface area (Å²) in [6, 6.07) is 0.634. The SMILES string of the molecule is CCOC1CC(CC(NC)C2=CCCC2)C1. The summed E-state index contributed by atoms with van der Waals surface area (Å²) < 4.78 is 5.61. The molecule has 2 aliphatic carbocycles. The fourth-order valence-electron chi connectivity index (χ4n) is 3.04. The van der Waals surface area contributed by atoms with Crippen molar-refractivity contribution in [3.05, 3.63) is 11.6 Å². The molecule has 1 N–H and O–H groups in total. The predicted molar refractivity (Wildman–Crippen MR) is 67.5 cm³/mol. The third-order valence-corrected chi connectivity index (χ3v) is 4.04. The van der Waals surface area contributed by atoms with Gasteiger partial charge in [0.05, 0.1) is 6.10 Å². The Hall–Kier alpha value is -0.340. The number of allylic oxidation sites excluding steroid dienone is 1. The Morgan fingerprint density at radius 2 is 2.31 bits per heavy atom. The van der Waals surface area contributed by atoms with Crippen molar-refractivity contribution in [2.24, 2.45) is 5.92 Å². The van der Waals surface area contributed by atoms with Crippen molar-refractivity contribution in [1.82, 2.24) is 5.32 Å². The minimum Gasteiger partial charge on any atom is -0.378 e. The Balaban J connectivity index is 1.72. The van der Waals surface area contributed by atoms with Gasteiger partial charge in [0.15, 0.2) is 0 Å². The third kappa shape index (κ3) is 2.86. The molecule has 0 aromatic carbocycles. The molecule has 0 bridgehead atoms. The van der Waals surface area contributed by atoms with Crippen LogP contribution in [0.25, 0.3) is 0 Å². The molecule has 16 heavy (non-hydrogen) atoms. The lowest BCUT2D eigenvalue weighted by Gasteiger charge is -2.37. The van der Waals surface area contributed by atoms with E-state index in [4.69, 9.17) is 4.74 Å². The van der Waals surface area contributed by atoms with Crippen molar-refractivity contribution in [1.29, 1.82) is 0 Å². The second-order valence-electron chi connectivity index (χ2n) is 5.16. The van der Waals surface area contributed by atoms with Gasteiger partial charge in [-0.2, -0.15) is 0 Å². The van der Waals surface area contributed by atoms with Gasteiger partial charge in [-0.25, -0.2) is 0 Å². The van der Waals surface area contributed by atoms with Crippen molar-refractivity contribution in [3.8, 4) is 0 Å². The van der Waals surface area contributed by atoms with Gasteiger partial charge in [0.1, 0.15) is 0 Å². The van der Waals surface area contributed by atoms with E-state index in [1.165, 1.54) is 38.5 Å². The van der Waals surface area contributed by atoms with Crippen LogP contribution in [0, 0.1) is 5.92 Å². The maximum absolute atomic E-state index is 5.61. The van der Waals surface area contributed by atoms with Gasteiger partial charge in [-0.05, 0) is 58.4 Å². The van der Waals surface area contributed by atoms with Gasteiger partial charge in [0.25, 0.3) is 0 Å². The van der Waals surface area contributed by atoms with Crippen LogP contribution in [0.5, 0.6) is 0 Å². The van der Waals surface area contributed by atoms with E-state index >= 15 is 0 Å². The van der Waals surface area contributed by atoms with Crippen LogP contribution in [0.3, 0.4) is 0 Å². The summed E-state index contributed by atoms with van der Waals surface area (Å²) in [5, 5.41) is 3.48. The Morgan fingerprint density at radius 3 is 2.88 bits per heavy atom. The summed E-state index contributed by atoms with van der Waals surface area (Å²) in [5.41, 5.74) is 1.65. The molecule has 0 spiro atoms. The van der Waals surface area contributed by atoms with Crippen LogP contribution in [-0.4, -0.2) is 25.8 Å². The summed E-state index contributed by atoms with van der Waals surface area (Å²) >= 11 is 0. The van der Waals surface area contributed by atoms with E-state index < -0.39 is 0 Å². The van der Waals surface area contributed by atoms with Gasteiger partial charge >= 0.3 is 0 Å². The van der Waals surface area contributed by atoms with Crippen LogP contribution in [0.1, 0.15) is 45.4 Å². The van der Waals surface area contributed by atoms with Crippen LogP contribution in [0.4, 0.5) is 0 Å². The molecule has 1 atom stereocenters. The molecule has 0 aromatic rings. The fraction of sp³-hybridized carbons (Fsp3) is 0.857. The summed E-state index contributed by atoms with van der Waals surface area (Å²) in [6.07, 6.45) is 10.8. The standard InChI is InChI=1S/C14H25NO/c1-3-16-13-8-11(9-13)10-14(15-2)12-6-4-5-7-12/h6,11,13-15H,3-5,7-10H2,1-2H3. The molecule has 2 rings (SSSR count). The quantitative estimate of drug-likeness (QED) is 0.699. The lowest BCUT2D eigenvalue weighted by atomic mass is 9.77.